The third kappa shape index (κ3) is 4.04. The minimum absolute atomic E-state index is 0.0554. The molecule has 0 saturated heterocycles. The van der Waals surface area contributed by atoms with Gasteiger partial charge in [-0.1, -0.05) is 65.3 Å². The van der Waals surface area contributed by atoms with Crippen molar-refractivity contribution in [1.82, 2.24) is 0 Å². The summed E-state index contributed by atoms with van der Waals surface area (Å²) in [5, 5.41) is 3.30. The lowest BCUT2D eigenvalue weighted by atomic mass is 9.34. The minimum Gasteiger partial charge on any atom is -0.462 e. The highest BCUT2D eigenvalue weighted by Gasteiger charge is 2.70. The van der Waals surface area contributed by atoms with Crippen LogP contribution in [-0.2, 0) is 19.1 Å². The largest absolute Gasteiger partial charge is 0.462 e. The Balaban J connectivity index is 1.41. The van der Waals surface area contributed by atoms with Crippen LogP contribution in [0.3, 0.4) is 0 Å². The third-order valence-electron chi connectivity index (χ3n) is 14.1. The van der Waals surface area contributed by atoms with Crippen molar-refractivity contribution in [1.29, 1.82) is 0 Å². The molecule has 6 rings (SSSR count). The SMILES string of the molecule is CC(=O)OC1CCC2(C)C(CCC3(C)C2C(=O)C=C2C4C(C)C(C)CCC4(C(=O)Nc4ccccc4)CCC23C)C1C. The molecule has 11 atom stereocenters. The van der Waals surface area contributed by atoms with Gasteiger partial charge in [-0.05, 0) is 115 Å². The van der Waals surface area contributed by atoms with Crippen LogP contribution < -0.4 is 5.32 Å². The highest BCUT2D eigenvalue weighted by molar-refractivity contribution is 5.98. The number of ether oxygens (including phenoxy) is 1. The summed E-state index contributed by atoms with van der Waals surface area (Å²) in [4.78, 5) is 40.8. The van der Waals surface area contributed by atoms with Gasteiger partial charge in [0.05, 0.1) is 5.41 Å². The molecule has 1 aromatic carbocycles. The van der Waals surface area contributed by atoms with Gasteiger partial charge in [0, 0.05) is 18.5 Å². The number of benzene rings is 1. The van der Waals surface area contributed by atoms with Crippen molar-refractivity contribution in [2.75, 3.05) is 5.32 Å². The minimum atomic E-state index is -0.492. The van der Waals surface area contributed by atoms with Gasteiger partial charge in [0.25, 0.3) is 0 Å². The van der Waals surface area contributed by atoms with E-state index in [9.17, 15) is 14.4 Å². The second-order valence-electron chi connectivity index (χ2n) is 15.7. The Morgan fingerprint density at radius 3 is 2.29 bits per heavy atom. The fourth-order valence-corrected chi connectivity index (χ4v) is 11.5. The summed E-state index contributed by atoms with van der Waals surface area (Å²) in [5.74, 6) is 1.63. The normalized spacial score (nSPS) is 46.2. The van der Waals surface area contributed by atoms with Gasteiger partial charge in [-0.2, -0.15) is 0 Å². The van der Waals surface area contributed by atoms with E-state index < -0.39 is 5.41 Å². The Morgan fingerprint density at radius 2 is 1.60 bits per heavy atom. The van der Waals surface area contributed by atoms with Crippen LogP contribution in [0.5, 0.6) is 0 Å². The van der Waals surface area contributed by atoms with Gasteiger partial charge in [-0.25, -0.2) is 0 Å². The van der Waals surface area contributed by atoms with Gasteiger partial charge in [0.2, 0.25) is 5.91 Å². The Labute approximate surface area is 252 Å². The zero-order chi connectivity index (χ0) is 30.2. The van der Waals surface area contributed by atoms with Gasteiger partial charge in [-0.15, -0.1) is 0 Å². The van der Waals surface area contributed by atoms with E-state index in [0.29, 0.717) is 17.8 Å². The lowest BCUT2D eigenvalue weighted by Gasteiger charge is -2.69. The van der Waals surface area contributed by atoms with Crippen molar-refractivity contribution in [3.05, 3.63) is 42.0 Å². The smallest absolute Gasteiger partial charge is 0.302 e. The van der Waals surface area contributed by atoms with Gasteiger partial charge < -0.3 is 10.1 Å². The van der Waals surface area contributed by atoms with Gasteiger partial charge in [-0.3, -0.25) is 14.4 Å². The zero-order valence-electron chi connectivity index (χ0n) is 26.8. The van der Waals surface area contributed by atoms with Crippen LogP contribution in [0.25, 0.3) is 0 Å². The molecule has 1 aromatic rings. The average Bonchev–Trinajstić information content (AvgIpc) is 2.93. The summed E-state index contributed by atoms with van der Waals surface area (Å²) in [7, 11) is 0. The van der Waals surface area contributed by atoms with Crippen LogP contribution in [0.2, 0.25) is 0 Å². The topological polar surface area (TPSA) is 72.5 Å². The molecule has 5 nitrogen and oxygen atoms in total. The summed E-state index contributed by atoms with van der Waals surface area (Å²) in [6.07, 6.45) is 9.49. The van der Waals surface area contributed by atoms with E-state index in [4.69, 9.17) is 4.74 Å². The molecule has 0 heterocycles. The summed E-state index contributed by atoms with van der Waals surface area (Å²) < 4.78 is 5.77. The van der Waals surface area contributed by atoms with Crippen LogP contribution in [0.15, 0.2) is 42.0 Å². The van der Waals surface area contributed by atoms with Crippen molar-refractivity contribution >= 4 is 23.3 Å². The van der Waals surface area contributed by atoms with Crippen LogP contribution in [0.1, 0.15) is 99.8 Å². The van der Waals surface area contributed by atoms with Crippen LogP contribution in [0.4, 0.5) is 5.69 Å². The number of allylic oxidation sites excluding steroid dienone is 2. The van der Waals surface area contributed by atoms with Crippen molar-refractivity contribution in [3.63, 3.8) is 0 Å². The molecule has 1 N–H and O–H groups in total. The number of ketones is 1. The molecule has 4 fully saturated rings. The van der Waals surface area contributed by atoms with Crippen molar-refractivity contribution in [2.45, 2.75) is 106 Å². The first kappa shape index (κ1) is 29.6. The van der Waals surface area contributed by atoms with Crippen LogP contribution in [0, 0.1) is 57.2 Å². The Bertz CT molecular complexity index is 1300. The number of para-hydroxylation sites is 1. The first-order chi connectivity index (χ1) is 19.8. The number of nitrogens with one attached hydrogen (secondary N) is 1. The summed E-state index contributed by atoms with van der Waals surface area (Å²) in [6, 6.07) is 9.85. The molecule has 11 unspecified atom stereocenters. The van der Waals surface area contributed by atoms with Crippen LogP contribution in [-0.4, -0.2) is 23.8 Å². The number of hydrogen-bond donors (Lipinski definition) is 1. The molecule has 228 valence electrons. The summed E-state index contributed by atoms with van der Waals surface area (Å²) in [5.41, 5.74) is 1.19. The monoisotopic (exact) mass is 573 g/mol. The lowest BCUT2D eigenvalue weighted by molar-refractivity contribution is -0.193. The first-order valence-corrected chi connectivity index (χ1v) is 16.6. The number of anilines is 1. The number of amides is 1. The quantitative estimate of drug-likeness (QED) is 0.372. The van der Waals surface area contributed by atoms with Crippen molar-refractivity contribution in [2.24, 2.45) is 57.2 Å². The maximum absolute atomic E-state index is 14.6. The highest BCUT2D eigenvalue weighted by Crippen LogP contribution is 2.74. The second-order valence-corrected chi connectivity index (χ2v) is 15.7. The van der Waals surface area contributed by atoms with Crippen molar-refractivity contribution < 1.29 is 19.1 Å². The predicted molar refractivity (Wildman–Crippen MR) is 165 cm³/mol. The standard InChI is InChI=1S/C37H51NO4/c1-22-13-18-37(33(41)38-26-11-9-8-10-12-26)20-19-35(6)28(31(37)23(22)2)21-29(40)32-34(5)16-15-30(42-25(4)39)24(3)27(34)14-17-36(32,35)7/h8-12,21-24,27,30-32H,13-20H2,1-7H3,(H,38,41). The molecule has 0 aromatic heterocycles. The summed E-state index contributed by atoms with van der Waals surface area (Å²) >= 11 is 0. The van der Waals surface area contributed by atoms with E-state index in [0.717, 1.165) is 57.1 Å². The molecule has 0 bridgehead atoms. The van der Waals surface area contributed by atoms with E-state index in [2.05, 4.69) is 52.9 Å². The van der Waals surface area contributed by atoms with E-state index in [1.807, 2.05) is 30.3 Å². The number of rotatable bonds is 3. The van der Waals surface area contributed by atoms with Crippen LogP contribution >= 0.6 is 0 Å². The highest BCUT2D eigenvalue weighted by atomic mass is 16.5. The van der Waals surface area contributed by atoms with Crippen molar-refractivity contribution in [3.8, 4) is 0 Å². The molecular weight excluding hydrogens is 522 g/mol. The number of hydrogen-bond acceptors (Lipinski definition) is 4. The van der Waals surface area contributed by atoms with E-state index >= 15 is 0 Å². The van der Waals surface area contributed by atoms with E-state index in [-0.39, 0.29) is 57.8 Å². The zero-order valence-corrected chi connectivity index (χ0v) is 26.8. The molecule has 0 radical (unpaired) electrons. The fraction of sp³-hybridized carbons (Fsp3) is 0.703. The average molecular weight is 574 g/mol. The summed E-state index contributed by atoms with van der Waals surface area (Å²) in [6.45, 7) is 15.6. The molecule has 5 aliphatic carbocycles. The Kier molecular flexibility index (Phi) is 7.10. The van der Waals surface area contributed by atoms with Gasteiger partial charge >= 0.3 is 5.97 Å². The van der Waals surface area contributed by atoms with E-state index in [1.165, 1.54) is 12.5 Å². The van der Waals surface area contributed by atoms with Gasteiger partial charge in [0.1, 0.15) is 6.10 Å². The molecule has 4 saturated carbocycles. The molecule has 42 heavy (non-hydrogen) atoms. The number of carbonyl (C=O) groups is 3. The molecule has 0 spiro atoms. The first-order valence-electron chi connectivity index (χ1n) is 16.6. The third-order valence-corrected chi connectivity index (χ3v) is 14.1. The lowest BCUT2D eigenvalue weighted by Crippen LogP contribution is -2.66. The fourth-order valence-electron chi connectivity index (χ4n) is 11.5. The molecule has 5 aliphatic rings. The molecule has 1 amide bonds. The van der Waals surface area contributed by atoms with Gasteiger partial charge in [0.15, 0.2) is 5.78 Å². The second kappa shape index (κ2) is 10.1. The number of esters is 1. The predicted octanol–water partition coefficient (Wildman–Crippen LogP) is 8.00. The Morgan fingerprint density at radius 1 is 0.881 bits per heavy atom. The molecule has 5 heteroatoms. The maximum Gasteiger partial charge on any atom is 0.302 e. The maximum atomic E-state index is 14.6. The molecule has 0 aliphatic heterocycles. The Hall–Kier alpha value is -2.43. The van der Waals surface area contributed by atoms with E-state index in [1.54, 1.807) is 0 Å². The number of carbonyl (C=O) groups excluding carboxylic acids is 3. The number of fused-ring (bicyclic) bond motifs is 7. The molecular formula is C37H51NO4.